The van der Waals surface area contributed by atoms with Crippen molar-refractivity contribution in [3.05, 3.63) is 46.2 Å². The lowest BCUT2D eigenvalue weighted by Crippen LogP contribution is -2.46. The standard InChI is InChI=1S/C20H23N3O3S/c1-12(2)18(22-19(25)17-5-4-10-27-17)20(26)21-15-6-7-16-14(11-15)8-9-23(16)13(3)24/h4-7,10-12,18H,8-9H2,1-3H3,(H,21,26)(H,22,25). The van der Waals surface area contributed by atoms with Crippen LogP contribution in [0.4, 0.5) is 11.4 Å². The molecule has 0 saturated carbocycles. The Morgan fingerprint density at radius 2 is 1.96 bits per heavy atom. The van der Waals surface area contributed by atoms with Crippen LogP contribution < -0.4 is 15.5 Å². The van der Waals surface area contributed by atoms with E-state index in [2.05, 4.69) is 10.6 Å². The molecule has 6 nitrogen and oxygen atoms in total. The summed E-state index contributed by atoms with van der Waals surface area (Å²) in [4.78, 5) is 39.0. The molecule has 1 aromatic heterocycles. The zero-order valence-electron chi connectivity index (χ0n) is 15.6. The Morgan fingerprint density at radius 3 is 2.59 bits per heavy atom. The topological polar surface area (TPSA) is 78.5 Å². The van der Waals surface area contributed by atoms with Gasteiger partial charge < -0.3 is 15.5 Å². The summed E-state index contributed by atoms with van der Waals surface area (Å²) < 4.78 is 0. The molecule has 0 radical (unpaired) electrons. The molecule has 0 saturated heterocycles. The normalized spacial score (nSPS) is 14.0. The number of nitrogens with zero attached hydrogens (tertiary/aromatic N) is 1. The van der Waals surface area contributed by atoms with Gasteiger partial charge in [-0.25, -0.2) is 0 Å². The van der Waals surface area contributed by atoms with Crippen LogP contribution in [0, 0.1) is 5.92 Å². The fraction of sp³-hybridized carbons (Fsp3) is 0.350. The largest absolute Gasteiger partial charge is 0.339 e. The van der Waals surface area contributed by atoms with Gasteiger partial charge in [-0.15, -0.1) is 11.3 Å². The first-order chi connectivity index (χ1) is 12.9. The lowest BCUT2D eigenvalue weighted by atomic mass is 10.0. The lowest BCUT2D eigenvalue weighted by Gasteiger charge is -2.22. The van der Waals surface area contributed by atoms with Gasteiger partial charge >= 0.3 is 0 Å². The molecule has 0 fully saturated rings. The van der Waals surface area contributed by atoms with Crippen LogP contribution >= 0.6 is 11.3 Å². The third-order valence-electron chi connectivity index (χ3n) is 4.60. The molecular formula is C20H23N3O3S. The van der Waals surface area contributed by atoms with Crippen LogP contribution in [0.2, 0.25) is 0 Å². The van der Waals surface area contributed by atoms with Gasteiger partial charge in [0.05, 0.1) is 4.88 Å². The number of thiophene rings is 1. The summed E-state index contributed by atoms with van der Waals surface area (Å²) >= 11 is 1.34. The molecule has 2 N–H and O–H groups in total. The molecule has 1 atom stereocenters. The molecule has 27 heavy (non-hydrogen) atoms. The van der Waals surface area contributed by atoms with Crippen molar-refractivity contribution < 1.29 is 14.4 Å². The number of benzene rings is 1. The predicted molar refractivity (Wildman–Crippen MR) is 107 cm³/mol. The quantitative estimate of drug-likeness (QED) is 0.830. The monoisotopic (exact) mass is 385 g/mol. The number of fused-ring (bicyclic) bond motifs is 1. The molecule has 0 spiro atoms. The van der Waals surface area contributed by atoms with Gasteiger partial charge in [-0.1, -0.05) is 19.9 Å². The van der Waals surface area contributed by atoms with Crippen LogP contribution in [-0.2, 0) is 16.0 Å². The molecule has 7 heteroatoms. The van der Waals surface area contributed by atoms with Crippen molar-refractivity contribution >= 4 is 40.4 Å². The van der Waals surface area contributed by atoms with Crippen molar-refractivity contribution in [3.8, 4) is 0 Å². The van der Waals surface area contributed by atoms with E-state index in [0.29, 0.717) is 17.1 Å². The highest BCUT2D eigenvalue weighted by molar-refractivity contribution is 7.12. The third-order valence-corrected chi connectivity index (χ3v) is 5.47. The third kappa shape index (κ3) is 4.19. The van der Waals surface area contributed by atoms with E-state index in [1.165, 1.54) is 11.3 Å². The average molecular weight is 385 g/mol. The second kappa shape index (κ2) is 7.92. The van der Waals surface area contributed by atoms with Crippen molar-refractivity contribution in [2.45, 2.75) is 33.2 Å². The Kier molecular flexibility index (Phi) is 5.60. The molecule has 0 bridgehead atoms. The molecular weight excluding hydrogens is 362 g/mol. The highest BCUT2D eigenvalue weighted by Gasteiger charge is 2.26. The summed E-state index contributed by atoms with van der Waals surface area (Å²) in [5.74, 6) is -0.542. The van der Waals surface area contributed by atoms with Crippen LogP contribution in [0.3, 0.4) is 0 Å². The summed E-state index contributed by atoms with van der Waals surface area (Å²) in [5.41, 5.74) is 2.60. The van der Waals surface area contributed by atoms with E-state index < -0.39 is 6.04 Å². The summed E-state index contributed by atoms with van der Waals surface area (Å²) in [7, 11) is 0. The molecule has 1 unspecified atom stereocenters. The van der Waals surface area contributed by atoms with E-state index in [1.807, 2.05) is 31.4 Å². The molecule has 1 aromatic carbocycles. The first-order valence-electron chi connectivity index (χ1n) is 8.93. The second-order valence-electron chi connectivity index (χ2n) is 6.93. The van der Waals surface area contributed by atoms with E-state index in [-0.39, 0.29) is 23.6 Å². The van der Waals surface area contributed by atoms with Gasteiger partial charge in [0.1, 0.15) is 6.04 Å². The minimum absolute atomic E-state index is 0.0155. The van der Waals surface area contributed by atoms with Crippen LogP contribution in [0.5, 0.6) is 0 Å². The fourth-order valence-corrected chi connectivity index (χ4v) is 3.81. The Labute approximate surface area is 162 Å². The van der Waals surface area contributed by atoms with Gasteiger partial charge in [0.2, 0.25) is 11.8 Å². The van der Waals surface area contributed by atoms with Crippen molar-refractivity contribution in [2.75, 3.05) is 16.8 Å². The van der Waals surface area contributed by atoms with Gasteiger partial charge in [-0.05, 0) is 47.5 Å². The van der Waals surface area contributed by atoms with Crippen LogP contribution in [0.1, 0.15) is 36.0 Å². The van der Waals surface area contributed by atoms with Gasteiger partial charge in [0.25, 0.3) is 5.91 Å². The van der Waals surface area contributed by atoms with Crippen molar-refractivity contribution in [1.82, 2.24) is 5.32 Å². The number of carbonyl (C=O) groups excluding carboxylic acids is 3. The summed E-state index contributed by atoms with van der Waals surface area (Å²) in [5, 5.41) is 7.54. The molecule has 3 rings (SSSR count). The predicted octanol–water partition coefficient (Wildman–Crippen LogP) is 3.05. The van der Waals surface area contributed by atoms with Crippen molar-refractivity contribution in [3.63, 3.8) is 0 Å². The van der Waals surface area contributed by atoms with Gasteiger partial charge in [-0.3, -0.25) is 14.4 Å². The number of carbonyl (C=O) groups is 3. The highest BCUT2D eigenvalue weighted by Crippen LogP contribution is 2.30. The zero-order chi connectivity index (χ0) is 19.6. The smallest absolute Gasteiger partial charge is 0.262 e. The summed E-state index contributed by atoms with van der Waals surface area (Å²) in [6.45, 7) is 6.00. The Balaban J connectivity index is 1.71. The van der Waals surface area contributed by atoms with E-state index >= 15 is 0 Å². The van der Waals surface area contributed by atoms with E-state index in [1.54, 1.807) is 30.0 Å². The SMILES string of the molecule is CC(=O)N1CCc2cc(NC(=O)C(NC(=O)c3cccs3)C(C)C)ccc21. The summed E-state index contributed by atoms with van der Waals surface area (Å²) in [6.07, 6.45) is 0.765. The van der Waals surface area contributed by atoms with E-state index in [0.717, 1.165) is 17.7 Å². The van der Waals surface area contributed by atoms with Crippen LogP contribution in [0.25, 0.3) is 0 Å². The number of rotatable bonds is 5. The van der Waals surface area contributed by atoms with E-state index in [9.17, 15) is 14.4 Å². The summed E-state index contributed by atoms with van der Waals surface area (Å²) in [6, 6.07) is 8.44. The number of amides is 3. The number of nitrogens with one attached hydrogen (secondary N) is 2. The Morgan fingerprint density at radius 1 is 1.19 bits per heavy atom. The average Bonchev–Trinajstić information content (AvgIpc) is 3.28. The molecule has 0 aliphatic carbocycles. The molecule has 1 aliphatic rings. The zero-order valence-corrected chi connectivity index (χ0v) is 16.4. The highest BCUT2D eigenvalue weighted by atomic mass is 32.1. The molecule has 2 heterocycles. The van der Waals surface area contributed by atoms with Crippen molar-refractivity contribution in [2.24, 2.45) is 5.92 Å². The maximum atomic E-state index is 12.7. The maximum Gasteiger partial charge on any atom is 0.262 e. The minimum Gasteiger partial charge on any atom is -0.339 e. The van der Waals surface area contributed by atoms with Crippen molar-refractivity contribution in [1.29, 1.82) is 0 Å². The Hall–Kier alpha value is -2.67. The molecule has 1 aliphatic heterocycles. The van der Waals surface area contributed by atoms with E-state index in [4.69, 9.17) is 0 Å². The number of hydrogen-bond donors (Lipinski definition) is 2. The minimum atomic E-state index is -0.637. The van der Waals surface area contributed by atoms with Gasteiger partial charge in [0, 0.05) is 24.8 Å². The number of anilines is 2. The lowest BCUT2D eigenvalue weighted by molar-refractivity contribution is -0.119. The fourth-order valence-electron chi connectivity index (χ4n) is 3.18. The number of hydrogen-bond acceptors (Lipinski definition) is 4. The first-order valence-corrected chi connectivity index (χ1v) is 9.81. The molecule has 142 valence electrons. The molecule has 2 aromatic rings. The molecule has 3 amide bonds. The van der Waals surface area contributed by atoms with Crippen LogP contribution in [-0.4, -0.2) is 30.3 Å². The van der Waals surface area contributed by atoms with Crippen LogP contribution in [0.15, 0.2) is 35.7 Å². The Bertz CT molecular complexity index is 861. The van der Waals surface area contributed by atoms with Gasteiger partial charge in [0.15, 0.2) is 0 Å². The first kappa shape index (κ1) is 19.1. The second-order valence-corrected chi connectivity index (χ2v) is 7.87. The maximum absolute atomic E-state index is 12.7. The van der Waals surface area contributed by atoms with Gasteiger partial charge in [-0.2, -0.15) is 0 Å².